The van der Waals surface area contributed by atoms with E-state index in [0.717, 1.165) is 10.8 Å². The first-order chi connectivity index (χ1) is 18.8. The molecule has 0 saturated heterocycles. The number of pyridine rings is 1. The Kier molecular flexibility index (Phi) is 7.30. The summed E-state index contributed by atoms with van der Waals surface area (Å²) in [6.07, 6.45) is 2.97. The Bertz CT molecular complexity index is 1640. The van der Waals surface area contributed by atoms with Gasteiger partial charge >= 0.3 is 0 Å². The number of nitrogens with zero attached hydrogens (tertiary/aromatic N) is 1. The standard InChI is InChI=1S/C29H30N4O5S/c1-37-24-12-7-19(16-25(24)38-2)27(33-21-8-11-23-18(15-21)13-14-31-28(23)30)29(34)32-17-20-5-3-4-6-26(20)39(35,36)22-9-10-22/h3-8,11-16,22,27,33H,9-10,17H2,1-2H3,(H2,30,31)(H,32,34). The normalized spacial score (nSPS) is 14.0. The molecule has 1 fully saturated rings. The van der Waals surface area contributed by atoms with Gasteiger partial charge in [0.05, 0.1) is 24.4 Å². The molecule has 4 N–H and O–H groups in total. The number of hydrogen-bond acceptors (Lipinski definition) is 8. The van der Waals surface area contributed by atoms with E-state index >= 15 is 0 Å². The summed E-state index contributed by atoms with van der Waals surface area (Å²) in [5, 5.41) is 7.59. The molecular formula is C29H30N4O5S. The number of hydrogen-bond donors (Lipinski definition) is 3. The van der Waals surface area contributed by atoms with E-state index in [9.17, 15) is 13.2 Å². The molecule has 4 aromatic rings. The number of rotatable bonds is 10. The van der Waals surface area contributed by atoms with Crippen molar-refractivity contribution in [1.82, 2.24) is 10.3 Å². The molecule has 9 nitrogen and oxygen atoms in total. The molecule has 1 saturated carbocycles. The van der Waals surface area contributed by atoms with Crippen LogP contribution in [0.15, 0.2) is 77.8 Å². The molecule has 39 heavy (non-hydrogen) atoms. The van der Waals surface area contributed by atoms with Gasteiger partial charge in [-0.05, 0) is 71.8 Å². The number of nitrogens with two attached hydrogens (primary N) is 1. The molecule has 1 atom stereocenters. The number of carbonyl (C=O) groups is 1. The number of carbonyl (C=O) groups excluding carboxylic acids is 1. The van der Waals surface area contributed by atoms with Gasteiger partial charge in [0.15, 0.2) is 21.3 Å². The van der Waals surface area contributed by atoms with Crippen molar-refractivity contribution in [2.45, 2.75) is 35.6 Å². The van der Waals surface area contributed by atoms with Crippen LogP contribution in [-0.4, -0.2) is 38.8 Å². The van der Waals surface area contributed by atoms with Gasteiger partial charge in [0, 0.05) is 23.8 Å². The zero-order valence-corrected chi connectivity index (χ0v) is 22.5. The van der Waals surface area contributed by atoms with Gasteiger partial charge in [0.25, 0.3) is 0 Å². The van der Waals surface area contributed by atoms with Crippen molar-refractivity contribution in [3.05, 3.63) is 84.1 Å². The molecule has 0 spiro atoms. The lowest BCUT2D eigenvalue weighted by Crippen LogP contribution is -2.33. The number of fused-ring (bicyclic) bond motifs is 1. The number of ether oxygens (including phenoxy) is 2. The number of aromatic nitrogens is 1. The summed E-state index contributed by atoms with van der Waals surface area (Å²) < 4.78 is 36.7. The van der Waals surface area contributed by atoms with E-state index in [4.69, 9.17) is 15.2 Å². The third kappa shape index (κ3) is 5.46. The summed E-state index contributed by atoms with van der Waals surface area (Å²) in [6.45, 7) is 0.0619. The van der Waals surface area contributed by atoms with E-state index < -0.39 is 15.9 Å². The van der Waals surface area contributed by atoms with E-state index in [2.05, 4.69) is 15.6 Å². The first-order valence-corrected chi connectivity index (χ1v) is 14.1. The lowest BCUT2D eigenvalue weighted by Gasteiger charge is -2.22. The smallest absolute Gasteiger partial charge is 0.247 e. The Morgan fingerprint density at radius 2 is 1.79 bits per heavy atom. The number of amides is 1. The second-order valence-corrected chi connectivity index (χ2v) is 11.6. The van der Waals surface area contributed by atoms with Gasteiger partial charge in [-0.15, -0.1) is 0 Å². The largest absolute Gasteiger partial charge is 0.493 e. The fourth-order valence-corrected chi connectivity index (χ4v) is 6.45. The lowest BCUT2D eigenvalue weighted by atomic mass is 10.0. The number of nitrogens with one attached hydrogen (secondary N) is 2. The number of sulfone groups is 1. The number of methoxy groups -OCH3 is 2. The monoisotopic (exact) mass is 546 g/mol. The minimum atomic E-state index is -3.42. The maximum Gasteiger partial charge on any atom is 0.247 e. The minimum Gasteiger partial charge on any atom is -0.493 e. The zero-order chi connectivity index (χ0) is 27.6. The summed E-state index contributed by atoms with van der Waals surface area (Å²) in [4.78, 5) is 18.1. The molecule has 1 heterocycles. The van der Waals surface area contributed by atoms with Gasteiger partial charge in [-0.3, -0.25) is 4.79 Å². The van der Waals surface area contributed by atoms with Crippen LogP contribution in [0.25, 0.3) is 10.8 Å². The molecular weight excluding hydrogens is 516 g/mol. The van der Waals surface area contributed by atoms with Gasteiger partial charge in [0.2, 0.25) is 5.91 Å². The molecule has 1 amide bonds. The molecule has 0 aliphatic heterocycles. The molecule has 1 aromatic heterocycles. The molecule has 5 rings (SSSR count). The quantitative estimate of drug-likeness (QED) is 0.269. The van der Waals surface area contributed by atoms with E-state index in [1.807, 2.05) is 24.3 Å². The lowest BCUT2D eigenvalue weighted by molar-refractivity contribution is -0.122. The summed E-state index contributed by atoms with van der Waals surface area (Å²) in [5.74, 6) is 1.10. The predicted octanol–water partition coefficient (Wildman–Crippen LogP) is 4.24. The maximum atomic E-state index is 13.7. The van der Waals surface area contributed by atoms with Crippen molar-refractivity contribution >= 4 is 38.0 Å². The third-order valence-electron chi connectivity index (χ3n) is 6.80. The SMILES string of the molecule is COc1ccc(C(Nc2ccc3c(N)nccc3c2)C(=O)NCc2ccccc2S(=O)(=O)C2CC2)cc1OC. The van der Waals surface area contributed by atoms with Crippen molar-refractivity contribution < 1.29 is 22.7 Å². The Balaban J connectivity index is 1.45. The van der Waals surface area contributed by atoms with Crippen molar-refractivity contribution in [2.24, 2.45) is 0 Å². The van der Waals surface area contributed by atoms with Crippen LogP contribution in [0.1, 0.15) is 30.0 Å². The van der Waals surface area contributed by atoms with Crippen molar-refractivity contribution in [2.75, 3.05) is 25.3 Å². The highest BCUT2D eigenvalue weighted by Gasteiger charge is 2.38. The van der Waals surface area contributed by atoms with Crippen LogP contribution >= 0.6 is 0 Å². The van der Waals surface area contributed by atoms with Crippen molar-refractivity contribution in [1.29, 1.82) is 0 Å². The van der Waals surface area contributed by atoms with Gasteiger partial charge < -0.3 is 25.8 Å². The number of nitrogen functional groups attached to an aromatic ring is 1. The van der Waals surface area contributed by atoms with Crippen LogP contribution < -0.4 is 25.8 Å². The second-order valence-electron chi connectivity index (χ2n) is 9.39. The molecule has 0 radical (unpaired) electrons. The first kappa shape index (κ1) is 26.3. The second kappa shape index (κ2) is 10.8. The van der Waals surface area contributed by atoms with Crippen LogP contribution in [0.5, 0.6) is 11.5 Å². The highest BCUT2D eigenvalue weighted by Crippen LogP contribution is 2.35. The Morgan fingerprint density at radius 3 is 2.54 bits per heavy atom. The van der Waals surface area contributed by atoms with Gasteiger partial charge in [-0.2, -0.15) is 0 Å². The Hall–Kier alpha value is -4.31. The number of benzene rings is 3. The average Bonchev–Trinajstić information content (AvgIpc) is 3.81. The minimum absolute atomic E-state index is 0.0619. The highest BCUT2D eigenvalue weighted by molar-refractivity contribution is 7.92. The molecule has 10 heteroatoms. The van der Waals surface area contributed by atoms with Crippen molar-refractivity contribution in [3.63, 3.8) is 0 Å². The fraction of sp³-hybridized carbons (Fsp3) is 0.241. The Morgan fingerprint density at radius 1 is 1.03 bits per heavy atom. The Labute approximate surface area is 227 Å². The van der Waals surface area contributed by atoms with Crippen LogP contribution in [0.4, 0.5) is 11.5 Å². The van der Waals surface area contributed by atoms with Gasteiger partial charge in [-0.1, -0.05) is 24.3 Å². The molecule has 1 aliphatic carbocycles. The topological polar surface area (TPSA) is 133 Å². The summed E-state index contributed by atoms with van der Waals surface area (Å²) in [5.41, 5.74) is 7.89. The van der Waals surface area contributed by atoms with Crippen LogP contribution in [0.3, 0.4) is 0 Å². The molecule has 3 aromatic carbocycles. The highest BCUT2D eigenvalue weighted by atomic mass is 32.2. The molecule has 202 valence electrons. The summed E-state index contributed by atoms with van der Waals surface area (Å²) in [6, 6.07) is 18.7. The van der Waals surface area contributed by atoms with E-state index in [-0.39, 0.29) is 22.6 Å². The molecule has 0 bridgehead atoms. The summed E-state index contributed by atoms with van der Waals surface area (Å²) in [7, 11) is -0.344. The van der Waals surface area contributed by atoms with Gasteiger partial charge in [0.1, 0.15) is 11.9 Å². The predicted molar refractivity (Wildman–Crippen MR) is 151 cm³/mol. The van der Waals surface area contributed by atoms with Gasteiger partial charge in [-0.25, -0.2) is 13.4 Å². The third-order valence-corrected chi connectivity index (χ3v) is 9.17. The van der Waals surface area contributed by atoms with Crippen LogP contribution in [0, 0.1) is 0 Å². The fourth-order valence-electron chi connectivity index (χ4n) is 4.56. The molecule has 1 aliphatic rings. The zero-order valence-electron chi connectivity index (χ0n) is 21.7. The van der Waals surface area contributed by atoms with Crippen LogP contribution in [0.2, 0.25) is 0 Å². The van der Waals surface area contributed by atoms with Crippen LogP contribution in [-0.2, 0) is 21.2 Å². The number of anilines is 2. The average molecular weight is 547 g/mol. The van der Waals surface area contributed by atoms with Crippen molar-refractivity contribution in [3.8, 4) is 11.5 Å². The first-order valence-electron chi connectivity index (χ1n) is 12.5. The van der Waals surface area contributed by atoms with E-state index in [1.54, 1.807) is 55.8 Å². The molecule has 1 unspecified atom stereocenters. The summed E-state index contributed by atoms with van der Waals surface area (Å²) >= 11 is 0. The van der Waals surface area contributed by atoms with E-state index in [0.29, 0.717) is 47.0 Å². The maximum absolute atomic E-state index is 13.7. The van der Waals surface area contributed by atoms with E-state index in [1.165, 1.54) is 7.11 Å².